The molecule has 5 rings (SSSR count). The van der Waals surface area contributed by atoms with E-state index >= 15 is 0 Å². The maximum Gasteiger partial charge on any atom is 0.239 e. The summed E-state index contributed by atoms with van der Waals surface area (Å²) in [6.45, 7) is 10.8. The molecule has 278 valence electrons. The molecule has 2 fully saturated rings. The normalized spacial score (nSPS) is 27.9. The highest BCUT2D eigenvalue weighted by molar-refractivity contribution is 6.03. The number of unbranched alkanes of at least 4 members (excludes halogenated alkanes) is 2. The van der Waals surface area contributed by atoms with Crippen molar-refractivity contribution in [3.63, 3.8) is 0 Å². The van der Waals surface area contributed by atoms with Crippen molar-refractivity contribution >= 4 is 11.6 Å². The van der Waals surface area contributed by atoms with Gasteiger partial charge in [0.1, 0.15) is 23.1 Å². The Bertz CT molecular complexity index is 1370. The number of benzene rings is 1. The SMILES string of the molecule is C=CCOC12Oc3ccc(O)cc3C3C(CCCCO)C(CCCCO)C=C(C(=NOC(C)(C)C)CC1N(CCOCCO)C(=O)C1CC1)C32. The summed E-state index contributed by atoms with van der Waals surface area (Å²) in [5.74, 6) is -1.13. The van der Waals surface area contributed by atoms with Gasteiger partial charge >= 0.3 is 0 Å². The van der Waals surface area contributed by atoms with Crippen LogP contribution in [0.5, 0.6) is 11.5 Å². The molecular formula is C39H58N2O9. The minimum atomic E-state index is -1.34. The van der Waals surface area contributed by atoms with E-state index < -0.39 is 23.3 Å². The third-order valence-corrected chi connectivity index (χ3v) is 10.4. The van der Waals surface area contributed by atoms with Gasteiger partial charge in [-0.3, -0.25) is 4.79 Å². The lowest BCUT2D eigenvalue weighted by Gasteiger charge is -2.60. The molecule has 0 saturated heterocycles. The van der Waals surface area contributed by atoms with E-state index in [4.69, 9.17) is 24.2 Å². The summed E-state index contributed by atoms with van der Waals surface area (Å²) in [5, 5.41) is 44.6. The summed E-state index contributed by atoms with van der Waals surface area (Å²) in [5.41, 5.74) is 2.00. The fourth-order valence-electron chi connectivity index (χ4n) is 8.16. The van der Waals surface area contributed by atoms with E-state index in [1.165, 1.54) is 0 Å². The minimum absolute atomic E-state index is 0.0153. The fourth-order valence-corrected chi connectivity index (χ4v) is 8.16. The molecule has 0 spiro atoms. The number of carbonyl (C=O) groups is 1. The average molecular weight is 699 g/mol. The summed E-state index contributed by atoms with van der Waals surface area (Å²) in [4.78, 5) is 22.3. The first kappa shape index (κ1) is 38.3. The standard InChI is InChI=1S/C39H58N2O9/c1-5-20-48-39-34(41(16-21-47-22-19-44)37(46)26-12-13-26)25-32(40-50-38(2,3)4)30-23-27(10-6-8-17-42)29(11-7-9-18-43)35(36(30)39)31-24-28(45)14-15-33(31)49-39/h5,14-15,23-24,26-27,29,34-36,42-45H,1,6-13,16-22,25H2,2-4H3. The van der Waals surface area contributed by atoms with Gasteiger partial charge in [0, 0.05) is 43.6 Å². The maximum absolute atomic E-state index is 14.3. The number of fused-ring (bicyclic) bond motifs is 2. The molecule has 0 aromatic heterocycles. The van der Waals surface area contributed by atoms with Gasteiger partial charge < -0.3 is 44.4 Å². The molecule has 2 saturated carbocycles. The van der Waals surface area contributed by atoms with Crippen molar-refractivity contribution in [1.82, 2.24) is 4.90 Å². The van der Waals surface area contributed by atoms with E-state index in [-0.39, 0.29) is 81.5 Å². The summed E-state index contributed by atoms with van der Waals surface area (Å²) >= 11 is 0. The topological polar surface area (TPSA) is 151 Å². The minimum Gasteiger partial charge on any atom is -0.508 e. The van der Waals surface area contributed by atoms with E-state index in [0.29, 0.717) is 25.0 Å². The Balaban J connectivity index is 1.75. The van der Waals surface area contributed by atoms with Crippen LogP contribution < -0.4 is 4.74 Å². The van der Waals surface area contributed by atoms with Crippen molar-refractivity contribution < 1.29 is 44.3 Å². The van der Waals surface area contributed by atoms with Gasteiger partial charge in [0.15, 0.2) is 0 Å². The molecule has 4 N–H and O–H groups in total. The van der Waals surface area contributed by atoms with E-state index in [9.17, 15) is 25.2 Å². The highest BCUT2D eigenvalue weighted by Gasteiger charge is 2.65. The lowest BCUT2D eigenvalue weighted by Crippen LogP contribution is -2.70. The number of allylic oxidation sites excluding steroid dienone is 1. The second kappa shape index (κ2) is 17.0. The summed E-state index contributed by atoms with van der Waals surface area (Å²) in [7, 11) is 0. The van der Waals surface area contributed by atoms with Gasteiger partial charge in [-0.1, -0.05) is 30.1 Å². The van der Waals surface area contributed by atoms with Gasteiger partial charge in [-0.15, -0.1) is 6.58 Å². The van der Waals surface area contributed by atoms with Crippen molar-refractivity contribution in [3.8, 4) is 11.5 Å². The van der Waals surface area contributed by atoms with Crippen LogP contribution in [0.1, 0.15) is 90.0 Å². The summed E-state index contributed by atoms with van der Waals surface area (Å²) in [6, 6.07) is 4.60. The van der Waals surface area contributed by atoms with Gasteiger partial charge in [-0.2, -0.15) is 0 Å². The number of aliphatic hydroxyl groups excluding tert-OH is 3. The van der Waals surface area contributed by atoms with Crippen LogP contribution in [0.15, 0.2) is 47.7 Å². The number of hydrogen-bond donors (Lipinski definition) is 4. The molecule has 1 heterocycles. The van der Waals surface area contributed by atoms with Gasteiger partial charge in [-0.05, 0) is 94.9 Å². The predicted molar refractivity (Wildman–Crippen MR) is 190 cm³/mol. The van der Waals surface area contributed by atoms with Crippen LogP contribution >= 0.6 is 0 Å². The van der Waals surface area contributed by atoms with Crippen molar-refractivity contribution in [3.05, 3.63) is 48.1 Å². The number of aromatic hydroxyl groups is 1. The molecule has 11 heteroatoms. The van der Waals surface area contributed by atoms with E-state index in [1.807, 2.05) is 25.7 Å². The number of phenols is 1. The van der Waals surface area contributed by atoms with Crippen LogP contribution in [-0.4, -0.2) is 101 Å². The number of carbonyl (C=O) groups excluding carboxylic acids is 1. The van der Waals surface area contributed by atoms with Crippen LogP contribution in [0.2, 0.25) is 0 Å². The molecule has 1 aliphatic heterocycles. The number of phenolic OH excluding ortho intramolecular Hbond substituents is 1. The highest BCUT2D eigenvalue weighted by atomic mass is 16.7. The average Bonchev–Trinajstić information content (AvgIpc) is 3.94. The quantitative estimate of drug-likeness (QED) is 0.0882. The molecule has 1 aromatic carbocycles. The van der Waals surface area contributed by atoms with Gasteiger partial charge in [0.25, 0.3) is 0 Å². The van der Waals surface area contributed by atoms with Gasteiger partial charge in [0.2, 0.25) is 11.7 Å². The molecule has 4 aliphatic rings. The first-order chi connectivity index (χ1) is 24.1. The van der Waals surface area contributed by atoms with Crippen LogP contribution in [0.25, 0.3) is 0 Å². The van der Waals surface area contributed by atoms with Crippen LogP contribution in [0, 0.1) is 23.7 Å². The van der Waals surface area contributed by atoms with Crippen LogP contribution in [0.4, 0.5) is 0 Å². The maximum atomic E-state index is 14.3. The van der Waals surface area contributed by atoms with Gasteiger partial charge in [-0.25, -0.2) is 0 Å². The third-order valence-electron chi connectivity index (χ3n) is 10.4. The Morgan fingerprint density at radius 3 is 2.48 bits per heavy atom. The first-order valence-corrected chi connectivity index (χ1v) is 18.5. The summed E-state index contributed by atoms with van der Waals surface area (Å²) in [6.07, 6.45) is 10.6. The molecule has 1 amide bonds. The lowest BCUT2D eigenvalue weighted by atomic mass is 9.55. The number of oxime groups is 1. The molecule has 0 radical (unpaired) electrons. The Morgan fingerprint density at radius 2 is 1.82 bits per heavy atom. The molecule has 6 atom stereocenters. The zero-order valence-electron chi connectivity index (χ0n) is 30.1. The Morgan fingerprint density at radius 1 is 1.08 bits per heavy atom. The lowest BCUT2D eigenvalue weighted by molar-refractivity contribution is -0.258. The number of amides is 1. The van der Waals surface area contributed by atoms with Crippen LogP contribution in [0.3, 0.4) is 0 Å². The van der Waals surface area contributed by atoms with Crippen molar-refractivity contribution in [2.24, 2.45) is 28.8 Å². The predicted octanol–water partition coefficient (Wildman–Crippen LogP) is 5.07. The number of hydrogen-bond acceptors (Lipinski definition) is 10. The Kier molecular flexibility index (Phi) is 13.0. The molecule has 3 aliphatic carbocycles. The number of ether oxygens (including phenoxy) is 3. The number of aliphatic hydroxyl groups is 3. The molecule has 6 unspecified atom stereocenters. The van der Waals surface area contributed by atoms with Gasteiger partial charge in [0.05, 0.1) is 38.1 Å². The molecule has 50 heavy (non-hydrogen) atoms. The molecular weight excluding hydrogens is 640 g/mol. The largest absolute Gasteiger partial charge is 0.508 e. The van der Waals surface area contributed by atoms with Crippen LogP contribution in [-0.2, 0) is 19.1 Å². The smallest absolute Gasteiger partial charge is 0.239 e. The molecule has 0 bridgehead atoms. The Hall–Kier alpha value is -2.96. The monoisotopic (exact) mass is 698 g/mol. The fraction of sp³-hybridized carbons (Fsp3) is 0.692. The zero-order valence-corrected chi connectivity index (χ0v) is 30.1. The second-order valence-electron chi connectivity index (χ2n) is 15.1. The second-order valence-corrected chi connectivity index (χ2v) is 15.1. The first-order valence-electron chi connectivity index (χ1n) is 18.5. The van der Waals surface area contributed by atoms with E-state index in [2.05, 4.69) is 12.7 Å². The third kappa shape index (κ3) is 8.56. The Labute approximate surface area is 296 Å². The number of nitrogens with zero attached hydrogens (tertiary/aromatic N) is 2. The van der Waals surface area contributed by atoms with Crippen molar-refractivity contribution in [2.45, 2.75) is 102 Å². The zero-order chi connectivity index (χ0) is 35.9. The summed E-state index contributed by atoms with van der Waals surface area (Å²) < 4.78 is 19.8. The number of rotatable bonds is 19. The highest BCUT2D eigenvalue weighted by Crippen LogP contribution is 2.62. The molecule has 11 nitrogen and oxygen atoms in total. The van der Waals surface area contributed by atoms with Crippen molar-refractivity contribution in [1.29, 1.82) is 0 Å². The van der Waals surface area contributed by atoms with Crippen molar-refractivity contribution in [2.75, 3.05) is 46.2 Å². The van der Waals surface area contributed by atoms with E-state index in [0.717, 1.165) is 55.4 Å². The van der Waals surface area contributed by atoms with E-state index in [1.54, 1.807) is 24.3 Å². The molecule has 1 aromatic rings.